The van der Waals surface area contributed by atoms with Gasteiger partial charge in [-0.15, -0.1) is 11.3 Å². The molecule has 9 heteroatoms. The summed E-state index contributed by atoms with van der Waals surface area (Å²) < 4.78 is 27.6. The lowest BCUT2D eigenvalue weighted by atomic mass is 10.0. The molecule has 2 aliphatic heterocycles. The van der Waals surface area contributed by atoms with Gasteiger partial charge in [-0.25, -0.2) is 8.42 Å². The zero-order chi connectivity index (χ0) is 26.0. The van der Waals surface area contributed by atoms with Crippen LogP contribution >= 0.6 is 11.3 Å². The van der Waals surface area contributed by atoms with E-state index in [1.807, 2.05) is 18.2 Å². The Bertz CT molecular complexity index is 1430. The minimum atomic E-state index is -3.58. The van der Waals surface area contributed by atoms with E-state index in [0.29, 0.717) is 35.1 Å². The van der Waals surface area contributed by atoms with Gasteiger partial charge in [0.2, 0.25) is 10.0 Å². The van der Waals surface area contributed by atoms with Crippen molar-refractivity contribution in [1.82, 2.24) is 9.21 Å². The second-order valence-corrected chi connectivity index (χ2v) is 12.9. The van der Waals surface area contributed by atoms with E-state index in [2.05, 4.69) is 35.3 Å². The number of carbonyl (C=O) groups excluding carboxylic acids is 1. The van der Waals surface area contributed by atoms with Crippen LogP contribution in [0.5, 0.6) is 0 Å². The Hall–Kier alpha value is -3.03. The summed E-state index contributed by atoms with van der Waals surface area (Å²) >= 11 is 1.45. The van der Waals surface area contributed by atoms with Crippen LogP contribution in [-0.4, -0.2) is 43.2 Å². The first-order chi connectivity index (χ1) is 17.8. The number of nitriles is 1. The Morgan fingerprint density at radius 3 is 2.59 bits per heavy atom. The maximum Gasteiger partial charge on any atom is 0.256 e. The molecule has 192 valence electrons. The molecule has 1 saturated heterocycles. The largest absolute Gasteiger partial charge is 0.312 e. The Kier molecular flexibility index (Phi) is 7.45. The van der Waals surface area contributed by atoms with Crippen molar-refractivity contribution in [3.63, 3.8) is 0 Å². The molecule has 1 N–H and O–H groups in total. The molecule has 7 nitrogen and oxygen atoms in total. The molecule has 37 heavy (non-hydrogen) atoms. The summed E-state index contributed by atoms with van der Waals surface area (Å²) in [7, 11) is -3.58. The van der Waals surface area contributed by atoms with Crippen LogP contribution in [0.25, 0.3) is 0 Å². The lowest BCUT2D eigenvalue weighted by Crippen LogP contribution is -2.39. The van der Waals surface area contributed by atoms with Gasteiger partial charge in [0, 0.05) is 43.2 Å². The summed E-state index contributed by atoms with van der Waals surface area (Å²) in [6, 6.07) is 18.7. The van der Waals surface area contributed by atoms with E-state index in [9.17, 15) is 18.5 Å². The fourth-order valence-electron chi connectivity index (χ4n) is 5.11. The summed E-state index contributed by atoms with van der Waals surface area (Å²) in [5, 5.41) is 13.3. The molecule has 1 amide bonds. The Morgan fingerprint density at radius 1 is 1.14 bits per heavy atom. The van der Waals surface area contributed by atoms with Gasteiger partial charge >= 0.3 is 0 Å². The third kappa shape index (κ3) is 5.48. The fourth-order valence-corrected chi connectivity index (χ4v) is 7.94. The van der Waals surface area contributed by atoms with Crippen LogP contribution in [0.1, 0.15) is 51.7 Å². The summed E-state index contributed by atoms with van der Waals surface area (Å²) in [6.45, 7) is 5.54. The first kappa shape index (κ1) is 25.6. The van der Waals surface area contributed by atoms with Gasteiger partial charge in [0.1, 0.15) is 11.1 Å². The summed E-state index contributed by atoms with van der Waals surface area (Å²) in [6.07, 6.45) is 2.66. The van der Waals surface area contributed by atoms with Crippen molar-refractivity contribution >= 4 is 32.3 Å². The molecule has 0 spiro atoms. The van der Waals surface area contributed by atoms with E-state index in [0.717, 1.165) is 49.3 Å². The van der Waals surface area contributed by atoms with Crippen LogP contribution < -0.4 is 5.32 Å². The SMILES string of the molecule is CC1CCCN(S(=O)(=O)c2ccc(C(=O)Nc3sc4c(c3C#N)CCN(Cc3ccccc3)C4)cc2)C1. The molecule has 2 aliphatic rings. The van der Waals surface area contributed by atoms with Crippen molar-refractivity contribution in [3.05, 3.63) is 81.7 Å². The first-order valence-electron chi connectivity index (χ1n) is 12.6. The Labute approximate surface area is 222 Å². The van der Waals surface area contributed by atoms with E-state index < -0.39 is 10.0 Å². The molecule has 5 rings (SSSR count). The molecule has 0 radical (unpaired) electrons. The molecule has 0 aliphatic carbocycles. The number of sulfonamides is 1. The highest BCUT2D eigenvalue weighted by molar-refractivity contribution is 7.89. The molecular weight excluding hydrogens is 504 g/mol. The van der Waals surface area contributed by atoms with Crippen LogP contribution in [0.2, 0.25) is 0 Å². The molecule has 3 heterocycles. The van der Waals surface area contributed by atoms with Gasteiger partial charge in [-0.05, 0) is 60.6 Å². The topological polar surface area (TPSA) is 93.5 Å². The summed E-state index contributed by atoms with van der Waals surface area (Å²) in [4.78, 5) is 16.7. The highest BCUT2D eigenvalue weighted by atomic mass is 32.2. The normalized spacial score (nSPS) is 18.6. The van der Waals surface area contributed by atoms with Gasteiger partial charge < -0.3 is 5.32 Å². The van der Waals surface area contributed by atoms with Gasteiger partial charge in [0.25, 0.3) is 5.91 Å². The number of amides is 1. The smallest absolute Gasteiger partial charge is 0.256 e. The number of nitrogens with one attached hydrogen (secondary N) is 1. The number of piperidine rings is 1. The monoisotopic (exact) mass is 534 g/mol. The van der Waals surface area contributed by atoms with Crippen LogP contribution in [0.4, 0.5) is 5.00 Å². The van der Waals surface area contributed by atoms with Crippen LogP contribution in [-0.2, 0) is 29.5 Å². The number of hydrogen-bond acceptors (Lipinski definition) is 6. The zero-order valence-electron chi connectivity index (χ0n) is 20.8. The number of rotatable bonds is 6. The van der Waals surface area contributed by atoms with E-state index in [1.165, 1.54) is 45.5 Å². The van der Waals surface area contributed by atoms with E-state index in [-0.39, 0.29) is 10.8 Å². The predicted octanol–water partition coefficient (Wildman–Crippen LogP) is 4.85. The van der Waals surface area contributed by atoms with Crippen molar-refractivity contribution in [2.24, 2.45) is 5.92 Å². The average Bonchev–Trinajstić information content (AvgIpc) is 3.25. The number of benzene rings is 2. The quantitative estimate of drug-likeness (QED) is 0.488. The lowest BCUT2D eigenvalue weighted by molar-refractivity contribution is 0.102. The zero-order valence-corrected chi connectivity index (χ0v) is 22.4. The van der Waals surface area contributed by atoms with Gasteiger partial charge in [0.15, 0.2) is 0 Å². The Morgan fingerprint density at radius 2 is 1.89 bits per heavy atom. The first-order valence-corrected chi connectivity index (χ1v) is 14.8. The van der Waals surface area contributed by atoms with Gasteiger partial charge in [-0.2, -0.15) is 9.57 Å². The fraction of sp³-hybridized carbons (Fsp3) is 0.357. The number of carbonyl (C=O) groups is 1. The molecule has 0 saturated carbocycles. The summed E-state index contributed by atoms with van der Waals surface area (Å²) in [5.41, 5.74) is 3.15. The van der Waals surface area contributed by atoms with Gasteiger partial charge in [0.05, 0.1) is 10.5 Å². The number of fused-ring (bicyclic) bond motifs is 1. The van der Waals surface area contributed by atoms with Crippen molar-refractivity contribution in [3.8, 4) is 6.07 Å². The number of hydrogen-bond donors (Lipinski definition) is 1. The van der Waals surface area contributed by atoms with Crippen molar-refractivity contribution in [2.75, 3.05) is 25.0 Å². The predicted molar refractivity (Wildman–Crippen MR) is 145 cm³/mol. The van der Waals surface area contributed by atoms with Gasteiger partial charge in [-0.3, -0.25) is 9.69 Å². The van der Waals surface area contributed by atoms with E-state index in [4.69, 9.17) is 0 Å². The molecule has 0 bridgehead atoms. The maximum absolute atomic E-state index is 13.0. The Balaban J connectivity index is 1.29. The molecule has 1 aromatic heterocycles. The minimum absolute atomic E-state index is 0.195. The van der Waals surface area contributed by atoms with Crippen molar-refractivity contribution in [1.29, 1.82) is 5.26 Å². The third-order valence-electron chi connectivity index (χ3n) is 7.10. The molecular formula is C28H30N4O3S2. The van der Waals surface area contributed by atoms with Crippen molar-refractivity contribution in [2.45, 2.75) is 44.2 Å². The highest BCUT2D eigenvalue weighted by Crippen LogP contribution is 2.37. The molecule has 1 unspecified atom stereocenters. The van der Waals surface area contributed by atoms with Crippen LogP contribution in [0, 0.1) is 17.2 Å². The lowest BCUT2D eigenvalue weighted by Gasteiger charge is -2.30. The van der Waals surface area contributed by atoms with Crippen LogP contribution in [0.15, 0.2) is 59.5 Å². The summed E-state index contributed by atoms with van der Waals surface area (Å²) in [5.74, 6) is -0.0169. The highest BCUT2D eigenvalue weighted by Gasteiger charge is 2.29. The van der Waals surface area contributed by atoms with E-state index >= 15 is 0 Å². The maximum atomic E-state index is 13.0. The molecule has 2 aromatic carbocycles. The molecule has 1 fully saturated rings. The third-order valence-corrected chi connectivity index (χ3v) is 10.1. The van der Waals surface area contributed by atoms with Gasteiger partial charge in [-0.1, -0.05) is 37.3 Å². The molecule has 3 aromatic rings. The second-order valence-electron chi connectivity index (χ2n) is 9.85. The number of nitrogens with zero attached hydrogens (tertiary/aromatic N) is 3. The standard InChI is InChI=1S/C28H30N4O3S2/c1-20-6-5-14-32(17-20)37(34,35)23-11-9-22(10-12-23)27(33)30-28-25(16-29)24-13-15-31(19-26(24)36-28)18-21-7-3-2-4-8-21/h2-4,7-12,20H,5-6,13-15,17-19H2,1H3,(H,30,33). The van der Waals surface area contributed by atoms with Crippen molar-refractivity contribution < 1.29 is 13.2 Å². The number of anilines is 1. The van der Waals surface area contributed by atoms with Crippen LogP contribution in [0.3, 0.4) is 0 Å². The molecule has 1 atom stereocenters. The van der Waals surface area contributed by atoms with E-state index in [1.54, 1.807) is 0 Å². The minimum Gasteiger partial charge on any atom is -0.312 e. The second kappa shape index (κ2) is 10.8. The number of thiophene rings is 1. The average molecular weight is 535 g/mol.